The molecule has 0 unspecified atom stereocenters. The molecule has 2 aliphatic rings. The van der Waals surface area contributed by atoms with Gasteiger partial charge in [-0.2, -0.15) is 0 Å². The van der Waals surface area contributed by atoms with Gasteiger partial charge in [-0.25, -0.2) is 4.99 Å². The predicted molar refractivity (Wildman–Crippen MR) is 98.7 cm³/mol. The van der Waals surface area contributed by atoms with Crippen LogP contribution in [0.5, 0.6) is 11.5 Å². The van der Waals surface area contributed by atoms with Gasteiger partial charge in [0, 0.05) is 17.7 Å². The molecule has 0 aliphatic carbocycles. The third-order valence-electron chi connectivity index (χ3n) is 4.34. The molecule has 4 rings (SSSR count). The molecule has 0 aromatic heterocycles. The number of fused-ring (bicyclic) bond motifs is 3. The van der Waals surface area contributed by atoms with Crippen LogP contribution in [0.3, 0.4) is 0 Å². The first-order valence-corrected chi connectivity index (χ1v) is 8.24. The molecule has 132 valence electrons. The van der Waals surface area contributed by atoms with Crippen LogP contribution in [-0.4, -0.2) is 49.9 Å². The molecule has 0 radical (unpaired) electrons. The van der Waals surface area contributed by atoms with E-state index in [1.165, 1.54) is 7.11 Å². The zero-order valence-corrected chi connectivity index (χ0v) is 14.5. The molecule has 7 nitrogen and oxygen atoms in total. The highest BCUT2D eigenvalue weighted by Gasteiger charge is 2.30. The Bertz CT molecular complexity index is 936. The SMILES string of the molecule is COc1ccc(C(=O)NC2=Nc3ccccc3C3=NCCN23)cc1OC. The largest absolute Gasteiger partial charge is 0.493 e. The molecule has 7 heteroatoms. The number of para-hydroxylation sites is 1. The van der Waals surface area contributed by atoms with Crippen LogP contribution in [0.15, 0.2) is 52.4 Å². The predicted octanol–water partition coefficient (Wildman–Crippen LogP) is 2.20. The maximum atomic E-state index is 12.7. The number of methoxy groups -OCH3 is 2. The van der Waals surface area contributed by atoms with Crippen LogP contribution >= 0.6 is 0 Å². The lowest BCUT2D eigenvalue weighted by atomic mass is 10.1. The zero-order valence-electron chi connectivity index (χ0n) is 14.5. The number of nitrogens with zero attached hydrogens (tertiary/aromatic N) is 3. The number of amides is 1. The smallest absolute Gasteiger partial charge is 0.258 e. The fourth-order valence-corrected chi connectivity index (χ4v) is 3.07. The minimum atomic E-state index is -0.268. The Hall–Kier alpha value is -3.35. The second-order valence-corrected chi connectivity index (χ2v) is 5.83. The summed E-state index contributed by atoms with van der Waals surface area (Å²) in [4.78, 5) is 23.8. The Morgan fingerprint density at radius 3 is 2.73 bits per heavy atom. The van der Waals surface area contributed by atoms with E-state index in [0.717, 1.165) is 17.1 Å². The van der Waals surface area contributed by atoms with Gasteiger partial charge < -0.3 is 9.47 Å². The second kappa shape index (κ2) is 6.51. The van der Waals surface area contributed by atoms with E-state index >= 15 is 0 Å². The van der Waals surface area contributed by atoms with Crippen molar-refractivity contribution in [2.75, 3.05) is 27.3 Å². The molecular formula is C19H18N4O3. The lowest BCUT2D eigenvalue weighted by molar-refractivity contribution is 0.0973. The van der Waals surface area contributed by atoms with Crippen LogP contribution in [0.4, 0.5) is 5.69 Å². The Labute approximate surface area is 151 Å². The molecule has 1 amide bonds. The molecule has 0 saturated carbocycles. The zero-order chi connectivity index (χ0) is 18.1. The van der Waals surface area contributed by atoms with Crippen molar-refractivity contribution in [3.05, 3.63) is 53.6 Å². The number of benzene rings is 2. The van der Waals surface area contributed by atoms with Crippen molar-refractivity contribution in [2.24, 2.45) is 9.98 Å². The van der Waals surface area contributed by atoms with E-state index in [4.69, 9.17) is 9.47 Å². The normalized spacial score (nSPS) is 14.8. The summed E-state index contributed by atoms with van der Waals surface area (Å²) in [5, 5.41) is 2.90. The van der Waals surface area contributed by atoms with Gasteiger partial charge in [0.15, 0.2) is 11.5 Å². The fourth-order valence-electron chi connectivity index (χ4n) is 3.07. The minimum absolute atomic E-state index is 0.268. The van der Waals surface area contributed by atoms with E-state index in [9.17, 15) is 4.79 Å². The number of carbonyl (C=O) groups is 1. The summed E-state index contributed by atoms with van der Waals surface area (Å²) in [5.41, 5.74) is 2.24. The van der Waals surface area contributed by atoms with Gasteiger partial charge in [-0.1, -0.05) is 12.1 Å². The quantitative estimate of drug-likeness (QED) is 0.921. The number of rotatable bonds is 3. The Kier molecular flexibility index (Phi) is 4.04. The summed E-state index contributed by atoms with van der Waals surface area (Å²) in [6, 6.07) is 12.8. The van der Waals surface area contributed by atoms with Gasteiger partial charge in [0.25, 0.3) is 5.91 Å². The van der Waals surface area contributed by atoms with Crippen LogP contribution < -0.4 is 14.8 Å². The van der Waals surface area contributed by atoms with E-state index in [1.807, 2.05) is 29.2 Å². The highest BCUT2D eigenvalue weighted by molar-refractivity contribution is 6.19. The minimum Gasteiger partial charge on any atom is -0.493 e. The molecule has 26 heavy (non-hydrogen) atoms. The molecule has 0 saturated heterocycles. The number of guanidine groups is 1. The third kappa shape index (κ3) is 2.67. The van der Waals surface area contributed by atoms with Gasteiger partial charge in [0.1, 0.15) is 5.84 Å². The van der Waals surface area contributed by atoms with Gasteiger partial charge in [-0.15, -0.1) is 0 Å². The second-order valence-electron chi connectivity index (χ2n) is 5.83. The monoisotopic (exact) mass is 350 g/mol. The van der Waals surface area contributed by atoms with Crippen molar-refractivity contribution in [3.8, 4) is 11.5 Å². The number of aliphatic imine (C=N–C) groups is 2. The standard InChI is InChI=1S/C19H18N4O3/c1-25-15-8-7-12(11-16(15)26-2)18(24)22-19-21-14-6-4-3-5-13(14)17-20-9-10-23(17)19/h3-8,11H,9-10H2,1-2H3,(H,21,22,24). The summed E-state index contributed by atoms with van der Waals surface area (Å²) < 4.78 is 10.5. The Morgan fingerprint density at radius 1 is 1.12 bits per heavy atom. The van der Waals surface area contributed by atoms with Gasteiger partial charge in [-0.3, -0.25) is 20.0 Å². The summed E-state index contributed by atoms with van der Waals surface area (Å²) >= 11 is 0. The molecule has 1 N–H and O–H groups in total. The van der Waals surface area contributed by atoms with Gasteiger partial charge in [0.2, 0.25) is 5.96 Å². The molecule has 2 aromatic rings. The van der Waals surface area contributed by atoms with E-state index in [0.29, 0.717) is 36.1 Å². The topological polar surface area (TPSA) is 75.5 Å². The molecule has 2 aromatic carbocycles. The van der Waals surface area contributed by atoms with E-state index < -0.39 is 0 Å². The number of ether oxygens (including phenoxy) is 2. The molecule has 0 spiro atoms. The van der Waals surface area contributed by atoms with Gasteiger partial charge in [-0.05, 0) is 30.3 Å². The van der Waals surface area contributed by atoms with Crippen molar-refractivity contribution in [3.63, 3.8) is 0 Å². The lowest BCUT2D eigenvalue weighted by Crippen LogP contribution is -2.47. The number of nitrogens with one attached hydrogen (secondary N) is 1. The average molecular weight is 350 g/mol. The first-order valence-electron chi connectivity index (χ1n) is 8.24. The summed E-state index contributed by atoms with van der Waals surface area (Å²) in [5.74, 6) is 2.13. The van der Waals surface area contributed by atoms with Crippen molar-refractivity contribution in [2.45, 2.75) is 0 Å². The van der Waals surface area contributed by atoms with Crippen LogP contribution in [0.25, 0.3) is 0 Å². The Balaban J connectivity index is 1.64. The summed E-state index contributed by atoms with van der Waals surface area (Å²) in [6.07, 6.45) is 0. The first kappa shape index (κ1) is 16.1. The Morgan fingerprint density at radius 2 is 1.92 bits per heavy atom. The summed E-state index contributed by atoms with van der Waals surface area (Å²) in [6.45, 7) is 1.36. The molecule has 2 heterocycles. The van der Waals surface area contributed by atoms with E-state index in [1.54, 1.807) is 25.3 Å². The van der Waals surface area contributed by atoms with Crippen LogP contribution in [0.1, 0.15) is 15.9 Å². The lowest BCUT2D eigenvalue weighted by Gasteiger charge is -2.27. The van der Waals surface area contributed by atoms with E-state index in [-0.39, 0.29) is 5.91 Å². The third-order valence-corrected chi connectivity index (χ3v) is 4.34. The number of hydrogen-bond donors (Lipinski definition) is 1. The highest BCUT2D eigenvalue weighted by atomic mass is 16.5. The van der Waals surface area contributed by atoms with Crippen molar-refractivity contribution < 1.29 is 14.3 Å². The molecule has 0 fully saturated rings. The number of carbonyl (C=O) groups excluding carboxylic acids is 1. The van der Waals surface area contributed by atoms with Gasteiger partial charge in [0.05, 0.1) is 26.5 Å². The molecule has 0 atom stereocenters. The maximum Gasteiger partial charge on any atom is 0.258 e. The van der Waals surface area contributed by atoms with Gasteiger partial charge >= 0.3 is 0 Å². The van der Waals surface area contributed by atoms with Crippen LogP contribution in [0.2, 0.25) is 0 Å². The maximum absolute atomic E-state index is 12.7. The van der Waals surface area contributed by atoms with E-state index in [2.05, 4.69) is 15.3 Å². The number of amidine groups is 1. The first-order chi connectivity index (χ1) is 12.7. The van der Waals surface area contributed by atoms with Crippen LogP contribution in [-0.2, 0) is 0 Å². The summed E-state index contributed by atoms with van der Waals surface area (Å²) in [7, 11) is 3.09. The molecular weight excluding hydrogens is 332 g/mol. The van der Waals surface area contributed by atoms with Crippen molar-refractivity contribution in [1.82, 2.24) is 10.2 Å². The highest BCUT2D eigenvalue weighted by Crippen LogP contribution is 2.29. The average Bonchev–Trinajstić information content (AvgIpc) is 3.18. The molecule has 0 bridgehead atoms. The van der Waals surface area contributed by atoms with Crippen LogP contribution in [0, 0.1) is 0 Å². The number of hydrogen-bond acceptors (Lipinski definition) is 6. The fraction of sp³-hybridized carbons (Fsp3) is 0.211. The van der Waals surface area contributed by atoms with Crippen molar-refractivity contribution in [1.29, 1.82) is 0 Å². The van der Waals surface area contributed by atoms with Crippen molar-refractivity contribution >= 4 is 23.4 Å². The molecule has 2 aliphatic heterocycles.